The monoisotopic (exact) mass is 295 g/mol. The zero-order valence-corrected chi connectivity index (χ0v) is 12.0. The zero-order chi connectivity index (χ0) is 12.4. The molecule has 1 aromatic rings. The van der Waals surface area contributed by atoms with Gasteiger partial charge in [0.1, 0.15) is 0 Å². The number of nitrogens with zero attached hydrogens (tertiary/aromatic N) is 1. The van der Waals surface area contributed by atoms with E-state index in [0.29, 0.717) is 6.04 Å². The Morgan fingerprint density at radius 3 is 2.41 bits per heavy atom. The Labute approximate surface area is 111 Å². The summed E-state index contributed by atoms with van der Waals surface area (Å²) in [4.78, 5) is 14.6. The molecule has 0 saturated heterocycles. The second kappa shape index (κ2) is 5.21. The largest absolute Gasteiger partial charge is 0.335 e. The van der Waals surface area contributed by atoms with E-state index in [1.807, 2.05) is 36.9 Å². The molecule has 1 aliphatic carbocycles. The van der Waals surface area contributed by atoms with Gasteiger partial charge in [-0.25, -0.2) is 0 Å². The van der Waals surface area contributed by atoms with E-state index >= 15 is 0 Å². The molecule has 3 heteroatoms. The van der Waals surface area contributed by atoms with Crippen LogP contribution < -0.4 is 0 Å². The predicted molar refractivity (Wildman–Crippen MR) is 73.8 cm³/mol. The minimum absolute atomic E-state index is 0.197. The summed E-state index contributed by atoms with van der Waals surface area (Å²) in [7, 11) is 0. The van der Waals surface area contributed by atoms with Crippen LogP contribution in [0.4, 0.5) is 0 Å². The smallest absolute Gasteiger partial charge is 0.254 e. The van der Waals surface area contributed by atoms with Gasteiger partial charge in [0, 0.05) is 23.5 Å². The summed E-state index contributed by atoms with van der Waals surface area (Å²) in [5, 5.41) is 0.847. The molecule has 1 amide bonds. The first kappa shape index (κ1) is 12.6. The van der Waals surface area contributed by atoms with Crippen LogP contribution in [0.1, 0.15) is 34.3 Å². The van der Waals surface area contributed by atoms with E-state index in [9.17, 15) is 4.79 Å². The third-order valence-corrected chi connectivity index (χ3v) is 3.62. The van der Waals surface area contributed by atoms with Gasteiger partial charge in [0.25, 0.3) is 5.91 Å². The van der Waals surface area contributed by atoms with Crippen LogP contribution >= 0.6 is 15.9 Å². The van der Waals surface area contributed by atoms with Crippen molar-refractivity contribution in [2.45, 2.75) is 32.7 Å². The number of carbonyl (C=O) groups excluding carboxylic acids is 1. The first-order valence-corrected chi connectivity index (χ1v) is 7.20. The predicted octanol–water partition coefficient (Wildman–Crippen LogP) is 3.30. The molecule has 1 fully saturated rings. The minimum Gasteiger partial charge on any atom is -0.335 e. The standard InChI is InChI=1S/C14H18BrNO/c1-10-4-3-5-11(2)13(10)14(17)16(9-8-15)12-6-7-12/h3-5,12H,6-9H2,1-2H3. The second-order valence-corrected chi connectivity index (χ2v) is 5.48. The van der Waals surface area contributed by atoms with Crippen molar-refractivity contribution in [2.24, 2.45) is 0 Å². The number of aryl methyl sites for hydroxylation is 2. The van der Waals surface area contributed by atoms with E-state index in [2.05, 4.69) is 15.9 Å². The maximum Gasteiger partial charge on any atom is 0.254 e. The molecule has 0 radical (unpaired) electrons. The zero-order valence-electron chi connectivity index (χ0n) is 10.4. The molecule has 0 unspecified atom stereocenters. The van der Waals surface area contributed by atoms with Crippen LogP contribution in [0.3, 0.4) is 0 Å². The molecule has 0 N–H and O–H groups in total. The van der Waals surface area contributed by atoms with Crippen LogP contribution in [0.5, 0.6) is 0 Å². The summed E-state index contributed by atoms with van der Waals surface area (Å²) < 4.78 is 0. The van der Waals surface area contributed by atoms with Crippen molar-refractivity contribution in [3.8, 4) is 0 Å². The van der Waals surface area contributed by atoms with Gasteiger partial charge in [0.2, 0.25) is 0 Å². The molecule has 0 aliphatic heterocycles. The summed E-state index contributed by atoms with van der Waals surface area (Å²) in [5.74, 6) is 0.197. The van der Waals surface area contributed by atoms with Crippen molar-refractivity contribution in [3.05, 3.63) is 34.9 Å². The van der Waals surface area contributed by atoms with Gasteiger partial charge in [-0.15, -0.1) is 0 Å². The van der Waals surface area contributed by atoms with Gasteiger partial charge in [0.05, 0.1) is 0 Å². The Morgan fingerprint density at radius 1 is 1.35 bits per heavy atom. The first-order chi connectivity index (χ1) is 8.15. The number of hydrogen-bond donors (Lipinski definition) is 0. The van der Waals surface area contributed by atoms with Crippen molar-refractivity contribution in [3.63, 3.8) is 0 Å². The number of alkyl halides is 1. The molecule has 17 heavy (non-hydrogen) atoms. The lowest BCUT2D eigenvalue weighted by Crippen LogP contribution is -2.35. The highest BCUT2D eigenvalue weighted by atomic mass is 79.9. The van der Waals surface area contributed by atoms with Gasteiger partial charge < -0.3 is 4.90 Å². The summed E-state index contributed by atoms with van der Waals surface area (Å²) in [6, 6.07) is 6.51. The quantitative estimate of drug-likeness (QED) is 0.781. The fourth-order valence-electron chi connectivity index (χ4n) is 2.22. The van der Waals surface area contributed by atoms with E-state index in [1.54, 1.807) is 0 Å². The van der Waals surface area contributed by atoms with Crippen molar-refractivity contribution >= 4 is 21.8 Å². The summed E-state index contributed by atoms with van der Waals surface area (Å²) in [5.41, 5.74) is 3.05. The number of benzene rings is 1. The number of amides is 1. The average Bonchev–Trinajstić information content (AvgIpc) is 3.09. The van der Waals surface area contributed by atoms with Crippen LogP contribution in [0.2, 0.25) is 0 Å². The van der Waals surface area contributed by atoms with Gasteiger partial charge >= 0.3 is 0 Å². The van der Waals surface area contributed by atoms with Crippen molar-refractivity contribution in [1.29, 1.82) is 0 Å². The second-order valence-electron chi connectivity index (χ2n) is 4.69. The maximum absolute atomic E-state index is 12.6. The number of rotatable bonds is 4. The van der Waals surface area contributed by atoms with Crippen LogP contribution in [0.25, 0.3) is 0 Å². The molecule has 2 rings (SSSR count). The van der Waals surface area contributed by atoms with Gasteiger partial charge in [0.15, 0.2) is 0 Å². The van der Waals surface area contributed by atoms with Crippen LogP contribution in [0, 0.1) is 13.8 Å². The van der Waals surface area contributed by atoms with E-state index in [-0.39, 0.29) is 5.91 Å². The molecule has 1 saturated carbocycles. The van der Waals surface area contributed by atoms with Crippen LogP contribution in [-0.4, -0.2) is 28.7 Å². The fraction of sp³-hybridized carbons (Fsp3) is 0.500. The van der Waals surface area contributed by atoms with E-state index in [4.69, 9.17) is 0 Å². The molecule has 2 nitrogen and oxygen atoms in total. The molecule has 1 aromatic carbocycles. The van der Waals surface area contributed by atoms with Crippen molar-refractivity contribution in [1.82, 2.24) is 4.90 Å². The molecule has 0 spiro atoms. The average molecular weight is 296 g/mol. The van der Waals surface area contributed by atoms with Crippen molar-refractivity contribution < 1.29 is 4.79 Å². The highest BCUT2D eigenvalue weighted by Gasteiger charge is 2.33. The maximum atomic E-state index is 12.6. The van der Waals surface area contributed by atoms with E-state index < -0.39 is 0 Å². The lowest BCUT2D eigenvalue weighted by molar-refractivity contribution is 0.0753. The van der Waals surface area contributed by atoms with Gasteiger partial charge in [-0.1, -0.05) is 34.1 Å². The molecule has 1 aliphatic rings. The topological polar surface area (TPSA) is 20.3 Å². The van der Waals surface area contributed by atoms with Crippen LogP contribution in [-0.2, 0) is 0 Å². The molecule has 0 atom stereocenters. The molecular weight excluding hydrogens is 278 g/mol. The van der Waals surface area contributed by atoms with E-state index in [1.165, 1.54) is 0 Å². The Morgan fingerprint density at radius 2 is 1.94 bits per heavy atom. The van der Waals surface area contributed by atoms with Gasteiger partial charge in [-0.05, 0) is 37.8 Å². The van der Waals surface area contributed by atoms with E-state index in [0.717, 1.165) is 41.4 Å². The summed E-state index contributed by atoms with van der Waals surface area (Å²) in [6.07, 6.45) is 2.31. The number of hydrogen-bond acceptors (Lipinski definition) is 1. The lowest BCUT2D eigenvalue weighted by atomic mass is 10.0. The Balaban J connectivity index is 2.28. The number of carbonyl (C=O) groups is 1. The molecule has 0 bridgehead atoms. The van der Waals surface area contributed by atoms with Crippen molar-refractivity contribution in [2.75, 3.05) is 11.9 Å². The lowest BCUT2D eigenvalue weighted by Gasteiger charge is -2.23. The summed E-state index contributed by atoms with van der Waals surface area (Å²) >= 11 is 3.43. The molecular formula is C14H18BrNO. The molecule has 92 valence electrons. The Bertz CT molecular complexity index is 406. The number of halogens is 1. The van der Waals surface area contributed by atoms with Gasteiger partial charge in [-0.2, -0.15) is 0 Å². The molecule has 0 heterocycles. The first-order valence-electron chi connectivity index (χ1n) is 6.08. The van der Waals surface area contributed by atoms with Crippen LogP contribution in [0.15, 0.2) is 18.2 Å². The normalized spacial score (nSPS) is 14.8. The Hall–Kier alpha value is -0.830. The highest BCUT2D eigenvalue weighted by molar-refractivity contribution is 9.09. The summed E-state index contributed by atoms with van der Waals surface area (Å²) in [6.45, 7) is 4.83. The Kier molecular flexibility index (Phi) is 3.87. The third-order valence-electron chi connectivity index (χ3n) is 3.27. The third kappa shape index (κ3) is 2.71. The highest BCUT2D eigenvalue weighted by Crippen LogP contribution is 2.29. The van der Waals surface area contributed by atoms with Gasteiger partial charge in [-0.3, -0.25) is 4.79 Å². The SMILES string of the molecule is Cc1cccc(C)c1C(=O)N(CCBr)C1CC1. The molecule has 0 aromatic heterocycles. The minimum atomic E-state index is 0.197. The fourth-order valence-corrected chi connectivity index (χ4v) is 2.60.